The van der Waals surface area contributed by atoms with Gasteiger partial charge in [0.05, 0.1) is 16.1 Å². The highest BCUT2D eigenvalue weighted by atomic mass is 79.9. The molecule has 2 aromatic rings. The Kier molecular flexibility index (Phi) is 3.69. The molecule has 0 radical (unpaired) electrons. The highest BCUT2D eigenvalue weighted by Gasteiger charge is 2.26. The summed E-state index contributed by atoms with van der Waals surface area (Å²) in [5, 5.41) is 6.12. The maximum absolute atomic E-state index is 11.6. The number of amides is 2. The number of nitrogens with one attached hydrogen (secondary N) is 2. The predicted molar refractivity (Wildman–Crippen MR) is 84.7 cm³/mol. The lowest BCUT2D eigenvalue weighted by molar-refractivity contribution is 0.0879. The van der Waals surface area contributed by atoms with E-state index in [0.29, 0.717) is 22.7 Å². The van der Waals surface area contributed by atoms with Crippen LogP contribution >= 0.6 is 27.5 Å². The van der Waals surface area contributed by atoms with E-state index in [-0.39, 0.29) is 11.8 Å². The minimum atomic E-state index is -0.356. The molecule has 4 nitrogen and oxygen atoms in total. The van der Waals surface area contributed by atoms with Gasteiger partial charge in [-0.1, -0.05) is 17.7 Å². The summed E-state index contributed by atoms with van der Waals surface area (Å²) in [5.41, 5.74) is 2.61. The molecule has 1 aliphatic heterocycles. The number of imide groups is 1. The Morgan fingerprint density at radius 3 is 2.57 bits per heavy atom. The van der Waals surface area contributed by atoms with Crippen molar-refractivity contribution in [1.82, 2.24) is 5.32 Å². The van der Waals surface area contributed by atoms with Crippen LogP contribution in [0.25, 0.3) is 0 Å². The van der Waals surface area contributed by atoms with Gasteiger partial charge in [-0.3, -0.25) is 14.9 Å². The highest BCUT2D eigenvalue weighted by molar-refractivity contribution is 9.10. The number of hydrogen-bond acceptors (Lipinski definition) is 3. The molecule has 2 amide bonds. The van der Waals surface area contributed by atoms with Crippen LogP contribution in [0.3, 0.4) is 0 Å². The minimum Gasteiger partial charge on any atom is -0.381 e. The Morgan fingerprint density at radius 1 is 1.05 bits per heavy atom. The molecule has 2 N–H and O–H groups in total. The second-order valence-electron chi connectivity index (χ2n) is 4.65. The summed E-state index contributed by atoms with van der Waals surface area (Å²) in [5.74, 6) is -0.702. The molecule has 0 fully saturated rings. The molecule has 1 aliphatic rings. The van der Waals surface area contributed by atoms with E-state index in [2.05, 4.69) is 26.6 Å². The molecule has 6 heteroatoms. The van der Waals surface area contributed by atoms with Gasteiger partial charge in [-0.25, -0.2) is 0 Å². The monoisotopic (exact) mass is 364 g/mol. The van der Waals surface area contributed by atoms with E-state index in [1.807, 2.05) is 18.2 Å². The van der Waals surface area contributed by atoms with Gasteiger partial charge in [-0.05, 0) is 51.8 Å². The Labute approximate surface area is 134 Å². The Morgan fingerprint density at radius 2 is 1.81 bits per heavy atom. The van der Waals surface area contributed by atoms with Gasteiger partial charge in [-0.2, -0.15) is 0 Å². The van der Waals surface area contributed by atoms with Crippen molar-refractivity contribution in [2.75, 3.05) is 5.32 Å². The summed E-state index contributed by atoms with van der Waals surface area (Å²) in [7, 11) is 0. The molecule has 1 heterocycles. The first kappa shape index (κ1) is 14.1. The number of rotatable bonds is 3. The minimum absolute atomic E-state index is 0.346. The molecule has 0 saturated heterocycles. The summed E-state index contributed by atoms with van der Waals surface area (Å²) in [4.78, 5) is 23.1. The molecule has 0 spiro atoms. The molecule has 2 aromatic carbocycles. The normalized spacial score (nSPS) is 13.0. The average molecular weight is 366 g/mol. The van der Waals surface area contributed by atoms with Crippen molar-refractivity contribution in [3.63, 3.8) is 0 Å². The predicted octanol–water partition coefficient (Wildman–Crippen LogP) is 3.60. The Hall–Kier alpha value is -1.85. The number of fused-ring (bicyclic) bond motifs is 1. The largest absolute Gasteiger partial charge is 0.381 e. The third-order valence-electron chi connectivity index (χ3n) is 3.22. The van der Waals surface area contributed by atoms with Crippen LogP contribution in [0.5, 0.6) is 0 Å². The molecule has 3 rings (SSSR count). The number of carbonyl (C=O) groups excluding carboxylic acids is 2. The molecule has 0 unspecified atom stereocenters. The van der Waals surface area contributed by atoms with Crippen LogP contribution in [0.15, 0.2) is 40.9 Å². The third-order valence-corrected chi connectivity index (χ3v) is 4.45. The van der Waals surface area contributed by atoms with Crippen LogP contribution in [0.2, 0.25) is 5.02 Å². The lowest BCUT2D eigenvalue weighted by Crippen LogP contribution is -2.19. The second-order valence-corrected chi connectivity index (χ2v) is 5.91. The van der Waals surface area contributed by atoms with E-state index in [1.54, 1.807) is 18.2 Å². The first-order valence-corrected chi connectivity index (χ1v) is 7.39. The van der Waals surface area contributed by atoms with Crippen LogP contribution < -0.4 is 10.6 Å². The Balaban J connectivity index is 1.77. The second kappa shape index (κ2) is 5.50. The zero-order valence-electron chi connectivity index (χ0n) is 10.7. The smallest absolute Gasteiger partial charge is 0.259 e. The molecular weight excluding hydrogens is 356 g/mol. The molecular formula is C15H10BrClN2O2. The van der Waals surface area contributed by atoms with Crippen molar-refractivity contribution in [2.24, 2.45) is 0 Å². The number of benzene rings is 2. The molecule has 0 aromatic heterocycles. The number of hydrogen-bond donors (Lipinski definition) is 2. The zero-order chi connectivity index (χ0) is 15.0. The van der Waals surface area contributed by atoms with Gasteiger partial charge in [-0.15, -0.1) is 0 Å². The molecule has 21 heavy (non-hydrogen) atoms. The first-order chi connectivity index (χ1) is 10.0. The van der Waals surface area contributed by atoms with Crippen molar-refractivity contribution in [3.8, 4) is 0 Å². The first-order valence-electron chi connectivity index (χ1n) is 6.22. The summed E-state index contributed by atoms with van der Waals surface area (Å²) in [6, 6.07) is 10.8. The maximum Gasteiger partial charge on any atom is 0.259 e. The number of anilines is 1. The fourth-order valence-electron chi connectivity index (χ4n) is 2.13. The topological polar surface area (TPSA) is 58.2 Å². The fourth-order valence-corrected chi connectivity index (χ4v) is 2.58. The van der Waals surface area contributed by atoms with Crippen LogP contribution in [0.4, 0.5) is 5.69 Å². The standard InChI is InChI=1S/C15H10BrClN2O2/c16-12-4-1-8(5-13(12)17)7-18-9-2-3-10-11(6-9)15(21)19-14(10)20/h1-6,18H,7H2,(H,19,20,21). The van der Waals surface area contributed by atoms with E-state index in [9.17, 15) is 9.59 Å². The van der Waals surface area contributed by atoms with Crippen molar-refractivity contribution in [2.45, 2.75) is 6.54 Å². The lowest BCUT2D eigenvalue weighted by atomic mass is 10.1. The third kappa shape index (κ3) is 2.80. The van der Waals surface area contributed by atoms with Gasteiger partial charge in [0, 0.05) is 16.7 Å². The summed E-state index contributed by atoms with van der Waals surface area (Å²) < 4.78 is 0.848. The van der Waals surface area contributed by atoms with Crippen LogP contribution in [0.1, 0.15) is 26.3 Å². The van der Waals surface area contributed by atoms with E-state index in [4.69, 9.17) is 11.6 Å². The summed E-state index contributed by atoms with van der Waals surface area (Å²) >= 11 is 9.39. The van der Waals surface area contributed by atoms with Crippen molar-refractivity contribution in [3.05, 3.63) is 62.6 Å². The van der Waals surface area contributed by atoms with Gasteiger partial charge in [0.2, 0.25) is 0 Å². The van der Waals surface area contributed by atoms with Crippen molar-refractivity contribution < 1.29 is 9.59 Å². The molecule has 0 aliphatic carbocycles. The van der Waals surface area contributed by atoms with E-state index < -0.39 is 0 Å². The van der Waals surface area contributed by atoms with Crippen LogP contribution in [-0.4, -0.2) is 11.8 Å². The van der Waals surface area contributed by atoms with Crippen molar-refractivity contribution in [1.29, 1.82) is 0 Å². The quantitative estimate of drug-likeness (QED) is 0.817. The maximum atomic E-state index is 11.6. The number of halogens is 2. The molecule has 0 bridgehead atoms. The van der Waals surface area contributed by atoms with E-state index in [1.165, 1.54) is 0 Å². The van der Waals surface area contributed by atoms with Crippen LogP contribution in [-0.2, 0) is 6.54 Å². The zero-order valence-corrected chi connectivity index (χ0v) is 13.1. The van der Waals surface area contributed by atoms with Gasteiger partial charge < -0.3 is 5.32 Å². The molecule has 0 atom stereocenters. The SMILES string of the molecule is O=C1NC(=O)c2cc(NCc3ccc(Br)c(Cl)c3)ccc21. The van der Waals surface area contributed by atoms with Gasteiger partial charge >= 0.3 is 0 Å². The highest BCUT2D eigenvalue weighted by Crippen LogP contribution is 2.24. The molecule has 0 saturated carbocycles. The summed E-state index contributed by atoms with van der Waals surface area (Å²) in [6.07, 6.45) is 0. The fraction of sp³-hybridized carbons (Fsp3) is 0.0667. The van der Waals surface area contributed by atoms with Gasteiger partial charge in [0.1, 0.15) is 0 Å². The van der Waals surface area contributed by atoms with E-state index >= 15 is 0 Å². The average Bonchev–Trinajstić information content (AvgIpc) is 2.75. The van der Waals surface area contributed by atoms with Crippen molar-refractivity contribution >= 4 is 45.0 Å². The van der Waals surface area contributed by atoms with Gasteiger partial charge in [0.15, 0.2) is 0 Å². The van der Waals surface area contributed by atoms with E-state index in [0.717, 1.165) is 15.7 Å². The summed E-state index contributed by atoms with van der Waals surface area (Å²) in [6.45, 7) is 0.571. The van der Waals surface area contributed by atoms with Crippen LogP contribution in [0, 0.1) is 0 Å². The van der Waals surface area contributed by atoms with Gasteiger partial charge in [0.25, 0.3) is 11.8 Å². The Bertz CT molecular complexity index is 761. The number of carbonyl (C=O) groups is 2. The molecule has 106 valence electrons. The lowest BCUT2D eigenvalue weighted by Gasteiger charge is -2.08.